The molecule has 0 aliphatic carbocycles. The Morgan fingerprint density at radius 1 is 1.56 bits per heavy atom. The maximum absolute atomic E-state index is 9.82. The minimum atomic E-state index is 0.0101. The highest BCUT2D eigenvalue weighted by atomic mass is 16.5. The van der Waals surface area contributed by atoms with Crippen molar-refractivity contribution in [2.75, 3.05) is 19.8 Å². The van der Waals surface area contributed by atoms with Gasteiger partial charge in [-0.2, -0.15) is 0 Å². The Labute approximate surface area is 107 Å². The molecule has 1 N–H and O–H groups in total. The summed E-state index contributed by atoms with van der Waals surface area (Å²) in [6, 6.07) is 4.52. The van der Waals surface area contributed by atoms with Gasteiger partial charge in [-0.1, -0.05) is 6.07 Å². The van der Waals surface area contributed by atoms with Gasteiger partial charge in [0.1, 0.15) is 0 Å². The van der Waals surface area contributed by atoms with Crippen LogP contribution in [-0.2, 0) is 0 Å². The highest BCUT2D eigenvalue weighted by Crippen LogP contribution is 2.54. The summed E-state index contributed by atoms with van der Waals surface area (Å²) < 4.78 is 5.77. The van der Waals surface area contributed by atoms with Crippen LogP contribution in [0.25, 0.3) is 0 Å². The van der Waals surface area contributed by atoms with Crippen LogP contribution in [0.5, 0.6) is 5.88 Å². The lowest BCUT2D eigenvalue weighted by atomic mass is 9.87. The van der Waals surface area contributed by atoms with Crippen LogP contribution in [0.3, 0.4) is 0 Å². The van der Waals surface area contributed by atoms with Gasteiger partial charge in [0.2, 0.25) is 5.88 Å². The van der Waals surface area contributed by atoms with E-state index in [0.717, 1.165) is 31.9 Å². The number of ether oxygens (including phenoxy) is 1. The molecule has 3 atom stereocenters. The summed E-state index contributed by atoms with van der Waals surface area (Å²) in [6.45, 7) is 2.11. The predicted octanol–water partition coefficient (Wildman–Crippen LogP) is 1.36. The van der Waals surface area contributed by atoms with Crippen molar-refractivity contribution >= 4 is 0 Å². The van der Waals surface area contributed by atoms with E-state index in [1.807, 2.05) is 6.07 Å². The van der Waals surface area contributed by atoms with Gasteiger partial charge in [-0.25, -0.2) is 4.98 Å². The highest BCUT2D eigenvalue weighted by Gasteiger charge is 2.55. The molecule has 1 aromatic rings. The topological polar surface area (TPSA) is 45.6 Å². The predicted molar refractivity (Wildman–Crippen MR) is 66.3 cm³/mol. The number of rotatable bonds is 1. The third kappa shape index (κ3) is 1.25. The number of nitrogens with zero attached hydrogens (tertiary/aromatic N) is 2. The van der Waals surface area contributed by atoms with E-state index >= 15 is 0 Å². The summed E-state index contributed by atoms with van der Waals surface area (Å²) in [5.74, 6) is 1.30. The molecular formula is C14H18N2O2. The lowest BCUT2D eigenvalue weighted by Gasteiger charge is -2.35. The van der Waals surface area contributed by atoms with Crippen molar-refractivity contribution < 1.29 is 9.84 Å². The summed E-state index contributed by atoms with van der Waals surface area (Å²) >= 11 is 0. The van der Waals surface area contributed by atoms with Crippen LogP contribution in [0.1, 0.15) is 30.9 Å². The van der Waals surface area contributed by atoms with Gasteiger partial charge in [0.15, 0.2) is 0 Å². The summed E-state index contributed by atoms with van der Waals surface area (Å²) in [7, 11) is 0. The van der Waals surface area contributed by atoms with Gasteiger partial charge < -0.3 is 9.84 Å². The molecule has 2 saturated heterocycles. The van der Waals surface area contributed by atoms with Gasteiger partial charge in [0.25, 0.3) is 0 Å². The summed E-state index contributed by atoms with van der Waals surface area (Å²) in [4.78, 5) is 6.85. The zero-order valence-electron chi connectivity index (χ0n) is 10.4. The van der Waals surface area contributed by atoms with E-state index in [1.165, 1.54) is 12.0 Å². The molecule has 0 bridgehead atoms. The number of aliphatic hydroxyl groups is 1. The molecule has 4 nitrogen and oxygen atoms in total. The molecule has 3 aliphatic heterocycles. The molecule has 0 aromatic carbocycles. The minimum Gasteiger partial charge on any atom is -0.477 e. The molecule has 0 radical (unpaired) electrons. The maximum Gasteiger partial charge on any atom is 0.218 e. The number of pyridine rings is 1. The van der Waals surface area contributed by atoms with Crippen LogP contribution >= 0.6 is 0 Å². The van der Waals surface area contributed by atoms with Crippen molar-refractivity contribution in [3.05, 3.63) is 23.9 Å². The molecule has 4 heteroatoms. The van der Waals surface area contributed by atoms with Crippen molar-refractivity contribution in [2.45, 2.75) is 30.8 Å². The normalized spacial score (nSPS) is 37.8. The zero-order valence-corrected chi connectivity index (χ0v) is 10.4. The van der Waals surface area contributed by atoms with E-state index in [1.54, 1.807) is 6.20 Å². The average Bonchev–Trinajstić information content (AvgIpc) is 2.94. The van der Waals surface area contributed by atoms with Crippen molar-refractivity contribution in [1.82, 2.24) is 9.88 Å². The average molecular weight is 246 g/mol. The number of hydrogen-bond donors (Lipinski definition) is 1. The maximum atomic E-state index is 9.82. The van der Waals surface area contributed by atoms with Crippen LogP contribution < -0.4 is 4.74 Å². The molecular weight excluding hydrogens is 228 g/mol. The highest BCUT2D eigenvalue weighted by molar-refractivity contribution is 5.34. The van der Waals surface area contributed by atoms with Crippen LogP contribution in [0.2, 0.25) is 0 Å². The van der Waals surface area contributed by atoms with Gasteiger partial charge in [-0.3, -0.25) is 4.90 Å². The Morgan fingerprint density at radius 3 is 3.39 bits per heavy atom. The fraction of sp³-hybridized carbons (Fsp3) is 0.643. The zero-order chi connectivity index (χ0) is 12.2. The van der Waals surface area contributed by atoms with Gasteiger partial charge in [-0.05, 0) is 31.9 Å². The van der Waals surface area contributed by atoms with E-state index in [4.69, 9.17) is 4.74 Å². The fourth-order valence-electron chi connectivity index (χ4n) is 4.21. The van der Waals surface area contributed by atoms with Crippen LogP contribution in [0, 0.1) is 5.92 Å². The van der Waals surface area contributed by atoms with E-state index in [9.17, 15) is 5.11 Å². The Kier molecular flexibility index (Phi) is 2.20. The van der Waals surface area contributed by atoms with Crippen LogP contribution in [-0.4, -0.2) is 40.3 Å². The quantitative estimate of drug-likeness (QED) is 0.812. The fourth-order valence-corrected chi connectivity index (χ4v) is 4.21. The number of hydrogen-bond acceptors (Lipinski definition) is 4. The molecule has 4 rings (SSSR count). The molecule has 4 heterocycles. The number of fused-ring (bicyclic) bond motifs is 5. The first-order valence-electron chi connectivity index (χ1n) is 6.79. The molecule has 1 aromatic heterocycles. The molecule has 2 fully saturated rings. The lowest BCUT2D eigenvalue weighted by molar-refractivity contribution is 0.0714. The van der Waals surface area contributed by atoms with E-state index in [2.05, 4.69) is 16.0 Å². The number of aliphatic hydroxyl groups excluding tert-OH is 1. The van der Waals surface area contributed by atoms with E-state index < -0.39 is 0 Å². The standard InChI is InChI=1S/C14H18N2O2/c17-9-14-4-2-6-16(14)12-10(7-14)8-18-13-11(12)3-1-5-15-13/h1,3,5,10,12,17H,2,4,6-9H2/t10-,12-,14+/m1/s1. The second-order valence-electron chi connectivity index (χ2n) is 5.80. The Bertz CT molecular complexity index is 479. The third-order valence-electron chi connectivity index (χ3n) is 4.92. The van der Waals surface area contributed by atoms with E-state index in [0.29, 0.717) is 12.0 Å². The Morgan fingerprint density at radius 2 is 2.50 bits per heavy atom. The number of aromatic nitrogens is 1. The van der Waals surface area contributed by atoms with Crippen molar-refractivity contribution in [3.8, 4) is 5.88 Å². The van der Waals surface area contributed by atoms with Gasteiger partial charge >= 0.3 is 0 Å². The monoisotopic (exact) mass is 246 g/mol. The van der Waals surface area contributed by atoms with Gasteiger partial charge in [0, 0.05) is 29.3 Å². The van der Waals surface area contributed by atoms with Crippen molar-refractivity contribution in [2.24, 2.45) is 5.92 Å². The molecule has 96 valence electrons. The molecule has 0 amide bonds. The first kappa shape index (κ1) is 10.8. The molecule has 0 spiro atoms. The SMILES string of the molecule is OC[C@@]12CCCN1[C@H]1c3cccnc3OC[C@H]1C2. The Balaban J connectivity index is 1.80. The minimum absolute atomic E-state index is 0.0101. The van der Waals surface area contributed by atoms with Crippen molar-refractivity contribution in [3.63, 3.8) is 0 Å². The first-order valence-corrected chi connectivity index (χ1v) is 6.79. The molecule has 18 heavy (non-hydrogen) atoms. The van der Waals surface area contributed by atoms with Crippen LogP contribution in [0.4, 0.5) is 0 Å². The van der Waals surface area contributed by atoms with E-state index in [-0.39, 0.29) is 12.1 Å². The van der Waals surface area contributed by atoms with Crippen molar-refractivity contribution in [1.29, 1.82) is 0 Å². The lowest BCUT2D eigenvalue weighted by Crippen LogP contribution is -2.42. The molecule has 3 aliphatic rings. The van der Waals surface area contributed by atoms with Crippen LogP contribution in [0.15, 0.2) is 18.3 Å². The Hall–Kier alpha value is -1.13. The first-order chi connectivity index (χ1) is 8.84. The third-order valence-corrected chi connectivity index (χ3v) is 4.92. The summed E-state index contributed by atoms with van der Waals surface area (Å²) in [5, 5.41) is 9.82. The largest absolute Gasteiger partial charge is 0.477 e. The summed E-state index contributed by atoms with van der Waals surface area (Å²) in [5.41, 5.74) is 1.22. The second kappa shape index (κ2) is 3.68. The smallest absolute Gasteiger partial charge is 0.218 e. The summed E-state index contributed by atoms with van der Waals surface area (Å²) in [6.07, 6.45) is 5.16. The second-order valence-corrected chi connectivity index (χ2v) is 5.80. The molecule has 0 unspecified atom stereocenters. The van der Waals surface area contributed by atoms with Gasteiger partial charge in [-0.15, -0.1) is 0 Å². The molecule has 0 saturated carbocycles. The van der Waals surface area contributed by atoms with Gasteiger partial charge in [0.05, 0.1) is 13.2 Å².